The molecule has 0 bridgehead atoms. The Bertz CT molecular complexity index is 586. The van der Waals surface area contributed by atoms with Crippen LogP contribution < -0.4 is 21.3 Å². The van der Waals surface area contributed by atoms with Crippen molar-refractivity contribution in [3.05, 3.63) is 24.3 Å². The molecule has 0 saturated heterocycles. The first-order valence-corrected chi connectivity index (χ1v) is 6.59. The summed E-state index contributed by atoms with van der Waals surface area (Å²) in [7, 11) is 0. The highest BCUT2D eigenvalue weighted by molar-refractivity contribution is 6.39. The van der Waals surface area contributed by atoms with Gasteiger partial charge in [-0.05, 0) is 18.2 Å². The number of amides is 4. The minimum Gasteiger partial charge on any atom is -0.355 e. The fourth-order valence-electron chi connectivity index (χ4n) is 1.56. The van der Waals surface area contributed by atoms with Crippen LogP contribution in [0.4, 0.5) is 11.4 Å². The zero-order chi connectivity index (χ0) is 16.5. The molecule has 8 heteroatoms. The van der Waals surface area contributed by atoms with Gasteiger partial charge < -0.3 is 21.3 Å². The van der Waals surface area contributed by atoms with E-state index in [0.717, 1.165) is 0 Å². The lowest BCUT2D eigenvalue weighted by molar-refractivity contribution is -0.136. The number of anilines is 2. The topological polar surface area (TPSA) is 116 Å². The van der Waals surface area contributed by atoms with Crippen LogP contribution in [0.1, 0.15) is 13.8 Å². The molecule has 0 aliphatic heterocycles. The summed E-state index contributed by atoms with van der Waals surface area (Å²) >= 11 is 0. The minimum atomic E-state index is -0.831. The molecule has 4 amide bonds. The molecule has 1 aromatic rings. The SMILES string of the molecule is CC(=O)NCCNC(=O)C(=O)Nc1cccc(NC(C)=O)c1. The lowest BCUT2D eigenvalue weighted by atomic mass is 10.2. The largest absolute Gasteiger partial charge is 0.355 e. The Labute approximate surface area is 127 Å². The molecular formula is C14H18N4O4. The van der Waals surface area contributed by atoms with Crippen molar-refractivity contribution >= 4 is 35.0 Å². The molecule has 0 aliphatic rings. The Morgan fingerprint density at radius 1 is 0.818 bits per heavy atom. The number of nitrogens with one attached hydrogen (secondary N) is 4. The van der Waals surface area contributed by atoms with Crippen LogP contribution in [0.5, 0.6) is 0 Å². The average molecular weight is 306 g/mol. The Kier molecular flexibility index (Phi) is 6.55. The Hall–Kier alpha value is -2.90. The number of benzene rings is 1. The van der Waals surface area contributed by atoms with Crippen molar-refractivity contribution in [1.82, 2.24) is 10.6 Å². The van der Waals surface area contributed by atoms with Crippen molar-refractivity contribution in [2.45, 2.75) is 13.8 Å². The summed E-state index contributed by atoms with van der Waals surface area (Å²) in [5, 5.41) is 9.84. The Morgan fingerprint density at radius 2 is 1.41 bits per heavy atom. The summed E-state index contributed by atoms with van der Waals surface area (Å²) in [6.07, 6.45) is 0. The lowest BCUT2D eigenvalue weighted by Crippen LogP contribution is -2.39. The van der Waals surface area contributed by atoms with Crippen molar-refractivity contribution in [2.24, 2.45) is 0 Å². The molecule has 0 aliphatic carbocycles. The molecule has 0 atom stereocenters. The second-order valence-electron chi connectivity index (χ2n) is 4.45. The number of rotatable bonds is 5. The van der Waals surface area contributed by atoms with E-state index in [0.29, 0.717) is 11.4 Å². The van der Waals surface area contributed by atoms with Gasteiger partial charge >= 0.3 is 11.8 Å². The highest BCUT2D eigenvalue weighted by atomic mass is 16.2. The van der Waals surface area contributed by atoms with Gasteiger partial charge in [0.25, 0.3) is 0 Å². The van der Waals surface area contributed by atoms with E-state index in [9.17, 15) is 19.2 Å². The molecule has 22 heavy (non-hydrogen) atoms. The van der Waals surface area contributed by atoms with E-state index in [1.165, 1.54) is 19.9 Å². The number of carbonyl (C=O) groups is 4. The zero-order valence-corrected chi connectivity index (χ0v) is 12.4. The fourth-order valence-corrected chi connectivity index (χ4v) is 1.56. The minimum absolute atomic E-state index is 0.151. The Balaban J connectivity index is 2.48. The van der Waals surface area contributed by atoms with Crippen LogP contribution in [0.3, 0.4) is 0 Å². The van der Waals surface area contributed by atoms with Gasteiger partial charge in [-0.2, -0.15) is 0 Å². The van der Waals surface area contributed by atoms with E-state index in [1.807, 2.05) is 0 Å². The van der Waals surface area contributed by atoms with Crippen molar-refractivity contribution < 1.29 is 19.2 Å². The van der Waals surface area contributed by atoms with Crippen LogP contribution >= 0.6 is 0 Å². The molecule has 4 N–H and O–H groups in total. The summed E-state index contributed by atoms with van der Waals surface area (Å²) in [5.74, 6) is -2.09. The first-order chi connectivity index (χ1) is 10.4. The van der Waals surface area contributed by atoms with Gasteiger partial charge in [-0.3, -0.25) is 19.2 Å². The molecule has 8 nitrogen and oxygen atoms in total. The van der Waals surface area contributed by atoms with Gasteiger partial charge in [0.15, 0.2) is 0 Å². The molecule has 0 heterocycles. The van der Waals surface area contributed by atoms with Gasteiger partial charge in [0.1, 0.15) is 0 Å². The first-order valence-electron chi connectivity index (χ1n) is 6.59. The summed E-state index contributed by atoms with van der Waals surface area (Å²) in [5.41, 5.74) is 0.893. The summed E-state index contributed by atoms with van der Waals surface area (Å²) in [6, 6.07) is 6.41. The van der Waals surface area contributed by atoms with Crippen LogP contribution in [0.15, 0.2) is 24.3 Å². The van der Waals surface area contributed by atoms with Crippen molar-refractivity contribution in [3.8, 4) is 0 Å². The van der Waals surface area contributed by atoms with E-state index < -0.39 is 11.8 Å². The van der Waals surface area contributed by atoms with E-state index in [4.69, 9.17) is 0 Å². The normalized spacial score (nSPS) is 9.55. The van der Waals surface area contributed by atoms with Gasteiger partial charge in [0.2, 0.25) is 11.8 Å². The maximum absolute atomic E-state index is 11.7. The van der Waals surface area contributed by atoms with Crippen molar-refractivity contribution in [3.63, 3.8) is 0 Å². The molecule has 0 aromatic heterocycles. The summed E-state index contributed by atoms with van der Waals surface area (Å²) < 4.78 is 0. The average Bonchev–Trinajstić information content (AvgIpc) is 2.42. The van der Waals surface area contributed by atoms with E-state index in [-0.39, 0.29) is 24.9 Å². The lowest BCUT2D eigenvalue weighted by Gasteiger charge is -2.08. The maximum Gasteiger partial charge on any atom is 0.313 e. The standard InChI is InChI=1S/C14H18N4O4/c1-9(19)15-6-7-16-13(21)14(22)18-12-5-3-4-11(8-12)17-10(2)20/h3-5,8H,6-7H2,1-2H3,(H,15,19)(H,16,21)(H,17,20)(H,18,22). The molecule has 0 unspecified atom stereocenters. The third-order valence-corrected chi connectivity index (χ3v) is 2.43. The quantitative estimate of drug-likeness (QED) is 0.446. The number of carbonyl (C=O) groups excluding carboxylic acids is 4. The summed E-state index contributed by atoms with van der Waals surface area (Å²) in [6.45, 7) is 3.12. The van der Waals surface area contributed by atoms with E-state index >= 15 is 0 Å². The number of hydrogen-bond acceptors (Lipinski definition) is 4. The van der Waals surface area contributed by atoms with E-state index in [1.54, 1.807) is 18.2 Å². The molecule has 1 rings (SSSR count). The number of hydrogen-bond donors (Lipinski definition) is 4. The third kappa shape index (κ3) is 6.51. The van der Waals surface area contributed by atoms with Crippen LogP contribution in [0, 0.1) is 0 Å². The molecule has 0 radical (unpaired) electrons. The van der Waals surface area contributed by atoms with Gasteiger partial charge in [-0.1, -0.05) is 6.07 Å². The second kappa shape index (κ2) is 8.40. The van der Waals surface area contributed by atoms with Crippen LogP contribution in [-0.2, 0) is 19.2 Å². The molecule has 1 aromatic carbocycles. The van der Waals surface area contributed by atoms with Gasteiger partial charge in [0.05, 0.1) is 0 Å². The predicted molar refractivity (Wildman–Crippen MR) is 81.1 cm³/mol. The van der Waals surface area contributed by atoms with Gasteiger partial charge in [-0.25, -0.2) is 0 Å². The smallest absolute Gasteiger partial charge is 0.313 e. The second-order valence-corrected chi connectivity index (χ2v) is 4.45. The van der Waals surface area contributed by atoms with Crippen molar-refractivity contribution in [1.29, 1.82) is 0 Å². The predicted octanol–water partition coefficient (Wildman–Crippen LogP) is -0.164. The van der Waals surface area contributed by atoms with Gasteiger partial charge in [0, 0.05) is 38.3 Å². The monoisotopic (exact) mass is 306 g/mol. The molecular weight excluding hydrogens is 288 g/mol. The fraction of sp³-hybridized carbons (Fsp3) is 0.286. The first kappa shape index (κ1) is 17.2. The highest BCUT2D eigenvalue weighted by Gasteiger charge is 2.13. The molecule has 118 valence electrons. The van der Waals surface area contributed by atoms with Gasteiger partial charge in [-0.15, -0.1) is 0 Å². The van der Waals surface area contributed by atoms with Crippen LogP contribution in [0.25, 0.3) is 0 Å². The summed E-state index contributed by atoms with van der Waals surface area (Å²) in [4.78, 5) is 44.8. The van der Waals surface area contributed by atoms with Crippen molar-refractivity contribution in [2.75, 3.05) is 23.7 Å². The highest BCUT2D eigenvalue weighted by Crippen LogP contribution is 2.14. The van der Waals surface area contributed by atoms with E-state index in [2.05, 4.69) is 21.3 Å². The molecule has 0 spiro atoms. The third-order valence-electron chi connectivity index (χ3n) is 2.43. The van der Waals surface area contributed by atoms with Crippen LogP contribution in [-0.4, -0.2) is 36.7 Å². The molecule has 0 saturated carbocycles. The maximum atomic E-state index is 11.7. The van der Waals surface area contributed by atoms with Crippen LogP contribution in [0.2, 0.25) is 0 Å². The zero-order valence-electron chi connectivity index (χ0n) is 12.4. The molecule has 0 fully saturated rings. The Morgan fingerprint density at radius 3 is 2.00 bits per heavy atom.